The number of carboxylic acids is 1. The minimum atomic E-state index is -4.63. The fraction of sp³-hybridized carbons (Fsp3) is 0.318. The van der Waals surface area contributed by atoms with Gasteiger partial charge in [-0.25, -0.2) is 4.73 Å². The lowest BCUT2D eigenvalue weighted by Gasteiger charge is -2.23. The second-order valence-electron chi connectivity index (χ2n) is 7.42. The maximum atomic E-state index is 13.0. The zero-order chi connectivity index (χ0) is 24.0. The van der Waals surface area contributed by atoms with E-state index in [1.807, 2.05) is 0 Å². The van der Waals surface area contributed by atoms with Crippen LogP contribution in [0.25, 0.3) is 6.08 Å². The van der Waals surface area contributed by atoms with Crippen molar-refractivity contribution in [3.05, 3.63) is 64.5 Å². The van der Waals surface area contributed by atoms with Gasteiger partial charge in [0.15, 0.2) is 0 Å². The average Bonchev–Trinajstić information content (AvgIpc) is 2.84. The zero-order valence-electron chi connectivity index (χ0n) is 17.5. The lowest BCUT2D eigenvalue weighted by Crippen LogP contribution is -2.38. The lowest BCUT2D eigenvalue weighted by molar-refractivity contribution is -0.590. The summed E-state index contributed by atoms with van der Waals surface area (Å²) in [7, 11) is 0. The SMILES string of the molecule is O=C(O)CC1=Cc2ccc(OCCCNc3cccc[n+]3[O-])cc2CN(CC(F)(F)F)C1=O. The van der Waals surface area contributed by atoms with Gasteiger partial charge in [0.05, 0.1) is 25.8 Å². The van der Waals surface area contributed by atoms with Crippen molar-refractivity contribution in [2.75, 3.05) is 25.0 Å². The molecule has 0 bridgehead atoms. The molecule has 0 fully saturated rings. The number of aliphatic carboxylic acids is 1. The second-order valence-corrected chi connectivity index (χ2v) is 7.42. The van der Waals surface area contributed by atoms with Gasteiger partial charge in [0.2, 0.25) is 0 Å². The van der Waals surface area contributed by atoms with Crippen LogP contribution >= 0.6 is 0 Å². The fourth-order valence-electron chi connectivity index (χ4n) is 3.36. The van der Waals surface area contributed by atoms with Crippen molar-refractivity contribution in [2.24, 2.45) is 0 Å². The number of hydrogen-bond donors (Lipinski definition) is 2. The molecule has 1 aromatic heterocycles. The van der Waals surface area contributed by atoms with Crippen molar-refractivity contribution < 1.29 is 37.3 Å². The summed E-state index contributed by atoms with van der Waals surface area (Å²) < 4.78 is 45.4. The third-order valence-corrected chi connectivity index (χ3v) is 4.80. The van der Waals surface area contributed by atoms with E-state index in [1.54, 1.807) is 36.4 Å². The number of halogens is 3. The highest BCUT2D eigenvalue weighted by molar-refractivity contribution is 6.02. The molecule has 0 atom stereocenters. The molecule has 3 rings (SSSR count). The number of alkyl halides is 3. The lowest BCUT2D eigenvalue weighted by atomic mass is 10.0. The summed E-state index contributed by atoms with van der Waals surface area (Å²) in [5, 5.41) is 23.6. The van der Waals surface area contributed by atoms with Crippen LogP contribution in [-0.2, 0) is 16.1 Å². The highest BCUT2D eigenvalue weighted by Gasteiger charge is 2.35. The molecule has 8 nitrogen and oxygen atoms in total. The number of anilines is 1. The molecule has 33 heavy (non-hydrogen) atoms. The summed E-state index contributed by atoms with van der Waals surface area (Å²) in [6.45, 7) is -1.07. The van der Waals surface area contributed by atoms with Crippen molar-refractivity contribution in [1.29, 1.82) is 0 Å². The summed E-state index contributed by atoms with van der Waals surface area (Å²) in [6, 6.07) is 9.71. The number of carbonyl (C=O) groups is 2. The molecular formula is C22H22F3N3O5. The molecule has 1 aliphatic heterocycles. The molecule has 176 valence electrons. The van der Waals surface area contributed by atoms with Crippen molar-refractivity contribution in [2.45, 2.75) is 25.6 Å². The predicted molar refractivity (Wildman–Crippen MR) is 112 cm³/mol. The molecule has 0 spiro atoms. The van der Waals surface area contributed by atoms with Gasteiger partial charge in [0.25, 0.3) is 11.7 Å². The van der Waals surface area contributed by atoms with Gasteiger partial charge >= 0.3 is 12.1 Å². The van der Waals surface area contributed by atoms with Gasteiger partial charge in [-0.15, -0.1) is 0 Å². The Morgan fingerprint density at radius 1 is 1.27 bits per heavy atom. The molecule has 1 amide bonds. The highest BCUT2D eigenvalue weighted by atomic mass is 19.4. The average molecular weight is 465 g/mol. The standard InChI is InChI=1S/C22H22F3N3O5/c23-22(24,25)14-27-13-17-11-18(6-5-15(17)10-16(21(27)31)12-20(29)30)33-9-3-7-26-19-4-1-2-8-28(19)32/h1-2,4-6,8,10-11,26H,3,7,9,12-14H2,(H,29,30). The number of ether oxygens (including phenoxy) is 1. The Labute approximate surface area is 187 Å². The number of rotatable bonds is 9. The molecule has 0 saturated carbocycles. The number of nitrogens with one attached hydrogen (secondary N) is 1. The predicted octanol–water partition coefficient (Wildman–Crippen LogP) is 2.96. The number of fused-ring (bicyclic) bond motifs is 1. The molecule has 1 aromatic carbocycles. The monoisotopic (exact) mass is 465 g/mol. The third kappa shape index (κ3) is 6.86. The van der Waals surface area contributed by atoms with Crippen LogP contribution in [0.4, 0.5) is 19.0 Å². The van der Waals surface area contributed by atoms with E-state index >= 15 is 0 Å². The van der Waals surface area contributed by atoms with Crippen molar-refractivity contribution in [1.82, 2.24) is 4.90 Å². The molecule has 11 heteroatoms. The van der Waals surface area contributed by atoms with Gasteiger partial charge in [0.1, 0.15) is 12.3 Å². The van der Waals surface area contributed by atoms with Crippen molar-refractivity contribution >= 4 is 23.8 Å². The maximum Gasteiger partial charge on any atom is 0.406 e. The van der Waals surface area contributed by atoms with E-state index in [-0.39, 0.29) is 18.7 Å². The Morgan fingerprint density at radius 2 is 2.06 bits per heavy atom. The maximum absolute atomic E-state index is 13.0. The minimum Gasteiger partial charge on any atom is -0.711 e. The summed E-state index contributed by atoms with van der Waals surface area (Å²) in [5.74, 6) is -1.46. The number of amides is 1. The number of carboxylic acid groups (broad SMARTS) is 1. The smallest absolute Gasteiger partial charge is 0.406 e. The Hall–Kier alpha value is -3.76. The van der Waals surface area contributed by atoms with Crippen LogP contribution in [-0.4, -0.2) is 47.8 Å². The van der Waals surface area contributed by atoms with E-state index in [0.29, 0.717) is 45.3 Å². The molecule has 2 heterocycles. The van der Waals surface area contributed by atoms with Crippen LogP contribution in [0, 0.1) is 5.21 Å². The molecule has 0 aliphatic carbocycles. The van der Waals surface area contributed by atoms with E-state index in [1.165, 1.54) is 12.3 Å². The molecule has 1 aliphatic rings. The number of aromatic nitrogens is 1. The van der Waals surface area contributed by atoms with Gasteiger partial charge in [-0.2, -0.15) is 13.2 Å². The first kappa shape index (κ1) is 23.9. The minimum absolute atomic E-state index is 0.221. The van der Waals surface area contributed by atoms with Crippen LogP contribution in [0.5, 0.6) is 5.75 Å². The largest absolute Gasteiger partial charge is 0.711 e. The van der Waals surface area contributed by atoms with Gasteiger partial charge in [-0.05, 0) is 35.4 Å². The number of pyridine rings is 1. The van der Waals surface area contributed by atoms with E-state index in [2.05, 4.69) is 5.32 Å². The van der Waals surface area contributed by atoms with E-state index in [9.17, 15) is 28.0 Å². The van der Waals surface area contributed by atoms with Crippen molar-refractivity contribution in [3.63, 3.8) is 0 Å². The quantitative estimate of drug-likeness (QED) is 0.335. The highest BCUT2D eigenvalue weighted by Crippen LogP contribution is 2.29. The normalized spacial score (nSPS) is 13.7. The second kappa shape index (κ2) is 10.2. The Morgan fingerprint density at radius 3 is 2.76 bits per heavy atom. The first-order chi connectivity index (χ1) is 15.6. The topological polar surface area (TPSA) is 106 Å². The van der Waals surface area contributed by atoms with Gasteiger partial charge in [0, 0.05) is 24.6 Å². The number of hydrogen-bond acceptors (Lipinski definition) is 5. The Bertz CT molecular complexity index is 1060. The Balaban J connectivity index is 1.67. The van der Waals surface area contributed by atoms with E-state index < -0.39 is 31.0 Å². The van der Waals surface area contributed by atoms with Crippen LogP contribution < -0.4 is 14.8 Å². The molecule has 2 N–H and O–H groups in total. The number of carbonyl (C=O) groups excluding carboxylic acids is 1. The van der Waals surface area contributed by atoms with Crippen LogP contribution in [0.1, 0.15) is 24.0 Å². The molecule has 0 saturated heterocycles. The fourth-order valence-corrected chi connectivity index (χ4v) is 3.36. The first-order valence-electron chi connectivity index (χ1n) is 10.1. The Kier molecular flexibility index (Phi) is 7.41. The van der Waals surface area contributed by atoms with Gasteiger partial charge in [-0.1, -0.05) is 12.1 Å². The summed E-state index contributed by atoms with van der Waals surface area (Å²) in [6.07, 6.45) is -2.07. The number of nitrogens with zero attached hydrogens (tertiary/aromatic N) is 2. The van der Waals surface area contributed by atoms with Crippen LogP contribution in [0.2, 0.25) is 0 Å². The van der Waals surface area contributed by atoms with E-state index in [0.717, 1.165) is 0 Å². The zero-order valence-corrected chi connectivity index (χ0v) is 17.5. The van der Waals surface area contributed by atoms with Crippen LogP contribution in [0.15, 0.2) is 48.2 Å². The van der Waals surface area contributed by atoms with Gasteiger partial charge < -0.3 is 20.0 Å². The summed E-state index contributed by atoms with van der Waals surface area (Å²) in [5.41, 5.74) is 0.657. The van der Waals surface area contributed by atoms with Gasteiger partial charge in [-0.3, -0.25) is 14.9 Å². The molecule has 0 unspecified atom stereocenters. The third-order valence-electron chi connectivity index (χ3n) is 4.80. The first-order valence-corrected chi connectivity index (χ1v) is 10.1. The summed E-state index contributed by atoms with van der Waals surface area (Å²) in [4.78, 5) is 24.2. The molecule has 2 aromatic rings. The van der Waals surface area contributed by atoms with Crippen molar-refractivity contribution in [3.8, 4) is 5.75 Å². The molecular weight excluding hydrogens is 443 g/mol. The summed E-state index contributed by atoms with van der Waals surface area (Å²) >= 11 is 0. The number of benzene rings is 1. The van der Waals surface area contributed by atoms with E-state index in [4.69, 9.17) is 9.84 Å². The van der Waals surface area contributed by atoms with Crippen LogP contribution in [0.3, 0.4) is 0 Å². The molecule has 0 radical (unpaired) electrons.